The molecule has 0 aliphatic carbocycles. The van der Waals surface area contributed by atoms with E-state index in [1.165, 1.54) is 6.08 Å². The molecule has 0 fully saturated rings. The van der Waals surface area contributed by atoms with Crippen molar-refractivity contribution in [2.75, 3.05) is 19.4 Å². The van der Waals surface area contributed by atoms with Crippen LogP contribution in [0.5, 0.6) is 0 Å². The third kappa shape index (κ3) is 4.70. The molecule has 1 heterocycles. The summed E-state index contributed by atoms with van der Waals surface area (Å²) in [4.78, 5) is 20.3. The monoisotopic (exact) mass is 283 g/mol. The Morgan fingerprint density at radius 1 is 1.58 bits per heavy atom. The lowest BCUT2D eigenvalue weighted by Crippen LogP contribution is -2.43. The van der Waals surface area contributed by atoms with Crippen LogP contribution in [0.3, 0.4) is 0 Å². The van der Waals surface area contributed by atoms with E-state index in [0.29, 0.717) is 13.2 Å². The van der Waals surface area contributed by atoms with E-state index in [0.717, 1.165) is 11.0 Å². The van der Waals surface area contributed by atoms with Crippen LogP contribution in [-0.2, 0) is 9.53 Å². The van der Waals surface area contributed by atoms with Crippen LogP contribution >= 0.6 is 11.8 Å². The first-order chi connectivity index (χ1) is 9.12. The molecule has 0 aromatic heterocycles. The van der Waals surface area contributed by atoms with Gasteiger partial charge in [-0.15, -0.1) is 0 Å². The third-order valence-electron chi connectivity index (χ3n) is 2.64. The number of ether oxygens (including phenoxy) is 1. The predicted octanol–water partition coefficient (Wildman–Crippen LogP) is 1.85. The molecule has 0 aromatic carbocycles. The minimum absolute atomic E-state index is 0.0137. The van der Waals surface area contributed by atoms with Gasteiger partial charge in [0.05, 0.1) is 18.6 Å². The molecule has 106 valence electrons. The lowest BCUT2D eigenvalue weighted by molar-refractivity contribution is -0.137. The fraction of sp³-hybridized carbons (Fsp3) is 0.615. The van der Waals surface area contributed by atoms with Gasteiger partial charge in [0.15, 0.2) is 5.17 Å². The van der Waals surface area contributed by atoms with Crippen LogP contribution in [0.4, 0.5) is 0 Å². The van der Waals surface area contributed by atoms with Crippen LogP contribution < -0.4 is 5.32 Å². The highest BCUT2D eigenvalue weighted by Gasteiger charge is 2.26. The molecule has 19 heavy (non-hydrogen) atoms. The summed E-state index contributed by atoms with van der Waals surface area (Å²) in [6.45, 7) is 6.86. The van der Waals surface area contributed by atoms with E-state index in [1.807, 2.05) is 26.2 Å². The van der Waals surface area contributed by atoms with Gasteiger partial charge in [-0.3, -0.25) is 9.98 Å². The maximum absolute atomic E-state index is 11.4. The normalized spacial score (nSPS) is 25.3. The zero-order valence-corrected chi connectivity index (χ0v) is 12.7. The van der Waals surface area contributed by atoms with Gasteiger partial charge in [0.2, 0.25) is 0 Å². The Morgan fingerprint density at radius 3 is 2.89 bits per heavy atom. The highest BCUT2D eigenvalue weighted by Crippen LogP contribution is 2.18. The van der Waals surface area contributed by atoms with Crippen molar-refractivity contribution in [2.24, 2.45) is 15.9 Å². The summed E-state index contributed by atoms with van der Waals surface area (Å²) >= 11 is 1.56. The average Bonchev–Trinajstić information content (AvgIpc) is 2.38. The molecule has 5 nitrogen and oxygen atoms in total. The molecule has 0 saturated carbocycles. The first-order valence-electron chi connectivity index (χ1n) is 6.40. The van der Waals surface area contributed by atoms with Crippen LogP contribution in [0, 0.1) is 5.92 Å². The van der Waals surface area contributed by atoms with E-state index >= 15 is 0 Å². The van der Waals surface area contributed by atoms with Crippen LogP contribution in [0.1, 0.15) is 20.8 Å². The van der Waals surface area contributed by atoms with E-state index in [4.69, 9.17) is 4.74 Å². The molecular weight excluding hydrogens is 262 g/mol. The van der Waals surface area contributed by atoms with Crippen LogP contribution in [0.2, 0.25) is 0 Å². The van der Waals surface area contributed by atoms with E-state index in [2.05, 4.69) is 15.3 Å². The van der Waals surface area contributed by atoms with Gasteiger partial charge < -0.3 is 10.1 Å². The molecular formula is C13H21N3O2S. The van der Waals surface area contributed by atoms with Crippen LogP contribution in [0.15, 0.2) is 22.1 Å². The average molecular weight is 283 g/mol. The number of hydrogen-bond acceptors (Lipinski definition) is 5. The predicted molar refractivity (Wildman–Crippen MR) is 80.8 cm³/mol. The van der Waals surface area contributed by atoms with Gasteiger partial charge in [0, 0.05) is 12.6 Å². The van der Waals surface area contributed by atoms with Crippen molar-refractivity contribution in [3.63, 3.8) is 0 Å². The number of thioether (sulfide) groups is 1. The number of carbonyl (C=O) groups is 1. The molecule has 0 radical (unpaired) electrons. The topological polar surface area (TPSA) is 63.0 Å². The number of rotatable bonds is 4. The quantitative estimate of drug-likeness (QED) is 0.632. The van der Waals surface area contributed by atoms with Crippen molar-refractivity contribution in [3.8, 4) is 0 Å². The maximum atomic E-state index is 11.4. The van der Waals surface area contributed by atoms with E-state index in [9.17, 15) is 4.79 Å². The third-order valence-corrected chi connectivity index (χ3v) is 3.23. The second-order valence-corrected chi connectivity index (χ2v) is 4.80. The van der Waals surface area contributed by atoms with Crippen LogP contribution in [0.25, 0.3) is 0 Å². The minimum atomic E-state index is -0.329. The second kappa shape index (κ2) is 7.99. The molecule has 0 aromatic rings. The highest BCUT2D eigenvalue weighted by molar-refractivity contribution is 8.13. The molecule has 0 amide bonds. The number of aliphatic imine (C=N–C) groups is 2. The number of nitrogens with zero attached hydrogens (tertiary/aromatic N) is 2. The Balaban J connectivity index is 2.86. The summed E-state index contributed by atoms with van der Waals surface area (Å²) in [6, 6.07) is 0.0553. The lowest BCUT2D eigenvalue weighted by Gasteiger charge is -2.27. The minimum Gasteiger partial charge on any atom is -0.463 e. The van der Waals surface area contributed by atoms with Gasteiger partial charge in [-0.25, -0.2) is 4.79 Å². The van der Waals surface area contributed by atoms with Crippen molar-refractivity contribution < 1.29 is 9.53 Å². The van der Waals surface area contributed by atoms with Gasteiger partial charge >= 0.3 is 5.97 Å². The molecule has 2 unspecified atom stereocenters. The summed E-state index contributed by atoms with van der Waals surface area (Å²) < 4.78 is 4.88. The summed E-state index contributed by atoms with van der Waals surface area (Å²) in [5.74, 6) is 0.514. The molecule has 1 aliphatic heterocycles. The maximum Gasteiger partial charge on any atom is 0.330 e. The zero-order chi connectivity index (χ0) is 14.3. The largest absolute Gasteiger partial charge is 0.463 e. The van der Waals surface area contributed by atoms with Crippen molar-refractivity contribution in [1.82, 2.24) is 5.32 Å². The zero-order valence-electron chi connectivity index (χ0n) is 11.8. The van der Waals surface area contributed by atoms with Gasteiger partial charge in [-0.05, 0) is 27.0 Å². The van der Waals surface area contributed by atoms with Crippen LogP contribution in [-0.4, -0.2) is 42.4 Å². The molecule has 6 heteroatoms. The Labute approximate surface area is 118 Å². The summed E-state index contributed by atoms with van der Waals surface area (Å²) in [5, 5.41) is 4.06. The highest BCUT2D eigenvalue weighted by atomic mass is 32.2. The molecule has 0 saturated heterocycles. The molecule has 1 N–H and O–H groups in total. The number of hydrogen-bond donors (Lipinski definition) is 1. The van der Waals surface area contributed by atoms with E-state index < -0.39 is 0 Å². The van der Waals surface area contributed by atoms with Gasteiger partial charge in [-0.1, -0.05) is 17.8 Å². The molecule has 0 bridgehead atoms. The van der Waals surface area contributed by atoms with Crippen molar-refractivity contribution in [1.29, 1.82) is 0 Å². The molecule has 2 atom stereocenters. The summed E-state index contributed by atoms with van der Waals surface area (Å²) in [7, 11) is 0. The molecule has 1 aliphatic rings. The standard InChI is InChI=1S/C13H21N3O2S/c1-5-14-12-10(7-8-11(17)18-6-2)9(3)15-13(16-12)19-4/h7-10H,5-6H2,1-4H3,(H,14,15,16)/b8-7+. The Morgan fingerprint density at radius 2 is 2.32 bits per heavy atom. The number of carbonyl (C=O) groups excluding carboxylic acids is 1. The number of amidine groups is 2. The van der Waals surface area contributed by atoms with E-state index in [1.54, 1.807) is 18.7 Å². The Kier molecular flexibility index (Phi) is 6.62. The summed E-state index contributed by atoms with van der Waals surface area (Å²) in [6.07, 6.45) is 5.23. The summed E-state index contributed by atoms with van der Waals surface area (Å²) in [5.41, 5.74) is 0. The fourth-order valence-electron chi connectivity index (χ4n) is 1.76. The van der Waals surface area contributed by atoms with Crippen molar-refractivity contribution in [2.45, 2.75) is 26.8 Å². The van der Waals surface area contributed by atoms with E-state index in [-0.39, 0.29) is 17.9 Å². The molecule has 1 rings (SSSR count). The Hall–Kier alpha value is -1.30. The van der Waals surface area contributed by atoms with Gasteiger partial charge in [-0.2, -0.15) is 0 Å². The molecule has 0 spiro atoms. The first-order valence-corrected chi connectivity index (χ1v) is 7.62. The number of nitrogens with one attached hydrogen (secondary N) is 1. The number of esters is 1. The first kappa shape index (κ1) is 15.8. The smallest absolute Gasteiger partial charge is 0.330 e. The van der Waals surface area contributed by atoms with Crippen molar-refractivity contribution >= 4 is 28.7 Å². The Bertz CT molecular complexity index is 405. The fourth-order valence-corrected chi connectivity index (χ4v) is 2.24. The van der Waals surface area contributed by atoms with Crippen molar-refractivity contribution in [3.05, 3.63) is 12.2 Å². The van der Waals surface area contributed by atoms with Gasteiger partial charge in [0.25, 0.3) is 0 Å². The second-order valence-electron chi connectivity index (χ2n) is 4.00. The SMILES string of the molecule is CCN=C1NC(SC)=NC(C)C1/C=C/C(=O)OCC. The van der Waals surface area contributed by atoms with Gasteiger partial charge in [0.1, 0.15) is 5.84 Å². The lowest BCUT2D eigenvalue weighted by atomic mass is 9.98.